The number of nitrogens with two attached hydrogens (primary N) is 1. The number of halogens is 1. The summed E-state index contributed by atoms with van der Waals surface area (Å²) in [5.74, 6) is -0.260. The molecule has 0 aliphatic heterocycles. The quantitative estimate of drug-likeness (QED) is 0.643. The number of methoxy groups -OCH3 is 1. The molecule has 92 valence electrons. The topological polar surface area (TPSA) is 64.3 Å². The molecule has 0 radical (unpaired) electrons. The van der Waals surface area contributed by atoms with Crippen molar-refractivity contribution < 1.29 is 9.53 Å². The van der Waals surface area contributed by atoms with Gasteiger partial charge in [-0.25, -0.2) is 0 Å². The zero-order valence-electron chi connectivity index (χ0n) is 9.33. The molecule has 4 nitrogen and oxygen atoms in total. The standard InChI is InChI=1S/C11H13BrN2O2S/c1-16-10(15)4-5-14-9-6-7(12)2-3-8(9)11(13)17/h2-3,6,14H,4-5H2,1H3,(H2,13,17). The van der Waals surface area contributed by atoms with Gasteiger partial charge in [-0.15, -0.1) is 0 Å². The van der Waals surface area contributed by atoms with Crippen LogP contribution in [-0.4, -0.2) is 24.6 Å². The third kappa shape index (κ3) is 4.32. The first-order chi connectivity index (χ1) is 8.04. The zero-order valence-corrected chi connectivity index (χ0v) is 11.7. The summed E-state index contributed by atoms with van der Waals surface area (Å²) in [7, 11) is 1.36. The first-order valence-corrected chi connectivity index (χ1v) is 6.14. The Hall–Kier alpha value is -1.14. The van der Waals surface area contributed by atoms with Crippen LogP contribution < -0.4 is 11.1 Å². The van der Waals surface area contributed by atoms with E-state index in [1.165, 1.54) is 7.11 Å². The molecule has 0 aromatic heterocycles. The predicted octanol–water partition coefficient (Wildman–Crippen LogP) is 2.06. The third-order valence-electron chi connectivity index (χ3n) is 2.12. The van der Waals surface area contributed by atoms with E-state index in [0.29, 0.717) is 18.0 Å². The van der Waals surface area contributed by atoms with E-state index in [9.17, 15) is 4.79 Å². The van der Waals surface area contributed by atoms with Crippen molar-refractivity contribution in [3.63, 3.8) is 0 Å². The molecule has 1 aromatic rings. The van der Waals surface area contributed by atoms with Crippen molar-refractivity contribution in [3.05, 3.63) is 28.2 Å². The molecule has 0 aliphatic carbocycles. The third-order valence-corrected chi connectivity index (χ3v) is 2.83. The monoisotopic (exact) mass is 316 g/mol. The van der Waals surface area contributed by atoms with Crippen molar-refractivity contribution in [2.45, 2.75) is 6.42 Å². The Balaban J connectivity index is 2.72. The maximum absolute atomic E-state index is 11.0. The lowest BCUT2D eigenvalue weighted by Gasteiger charge is -2.11. The second-order valence-corrected chi connectivity index (χ2v) is 4.66. The van der Waals surface area contributed by atoms with Gasteiger partial charge >= 0.3 is 5.97 Å². The fourth-order valence-corrected chi connectivity index (χ4v) is 1.82. The minimum atomic E-state index is -0.260. The molecule has 1 rings (SSSR count). The molecule has 0 atom stereocenters. The average molecular weight is 317 g/mol. The number of esters is 1. The summed E-state index contributed by atoms with van der Waals surface area (Å²) >= 11 is 8.31. The van der Waals surface area contributed by atoms with E-state index in [0.717, 1.165) is 15.7 Å². The Morgan fingerprint density at radius 2 is 2.29 bits per heavy atom. The van der Waals surface area contributed by atoms with Gasteiger partial charge in [0.2, 0.25) is 0 Å². The Kier molecular flexibility index (Phi) is 5.37. The lowest BCUT2D eigenvalue weighted by Crippen LogP contribution is -2.15. The summed E-state index contributed by atoms with van der Waals surface area (Å²) in [5, 5.41) is 3.10. The molecule has 1 aromatic carbocycles. The summed E-state index contributed by atoms with van der Waals surface area (Å²) in [6, 6.07) is 5.55. The molecule has 0 saturated carbocycles. The van der Waals surface area contributed by atoms with Gasteiger partial charge in [0.1, 0.15) is 4.99 Å². The van der Waals surface area contributed by atoms with Gasteiger partial charge in [0.25, 0.3) is 0 Å². The van der Waals surface area contributed by atoms with E-state index in [1.807, 2.05) is 18.2 Å². The number of carbonyl (C=O) groups excluding carboxylic acids is 1. The molecule has 3 N–H and O–H groups in total. The molecule has 0 fully saturated rings. The Morgan fingerprint density at radius 1 is 1.59 bits per heavy atom. The van der Waals surface area contributed by atoms with Gasteiger partial charge in [0.05, 0.1) is 13.5 Å². The van der Waals surface area contributed by atoms with Gasteiger partial charge in [-0.3, -0.25) is 4.79 Å². The van der Waals surface area contributed by atoms with Crippen molar-refractivity contribution in [3.8, 4) is 0 Å². The first-order valence-electron chi connectivity index (χ1n) is 4.94. The highest BCUT2D eigenvalue weighted by molar-refractivity contribution is 9.10. The van der Waals surface area contributed by atoms with Crippen molar-refractivity contribution in [2.75, 3.05) is 19.0 Å². The highest BCUT2D eigenvalue weighted by Crippen LogP contribution is 2.21. The normalized spacial score (nSPS) is 9.76. The minimum absolute atomic E-state index is 0.260. The van der Waals surface area contributed by atoms with Crippen LogP contribution in [0.25, 0.3) is 0 Å². The maximum Gasteiger partial charge on any atom is 0.307 e. The molecule has 0 spiro atoms. The number of nitrogens with one attached hydrogen (secondary N) is 1. The van der Waals surface area contributed by atoms with Crippen LogP contribution >= 0.6 is 28.1 Å². The first kappa shape index (κ1) is 13.9. The zero-order chi connectivity index (χ0) is 12.8. The van der Waals surface area contributed by atoms with E-state index in [1.54, 1.807) is 0 Å². The lowest BCUT2D eigenvalue weighted by atomic mass is 10.1. The van der Waals surface area contributed by atoms with E-state index >= 15 is 0 Å². The number of hydrogen-bond acceptors (Lipinski definition) is 4. The van der Waals surface area contributed by atoms with Gasteiger partial charge in [-0.2, -0.15) is 0 Å². The molecular weight excluding hydrogens is 304 g/mol. The van der Waals surface area contributed by atoms with E-state index < -0.39 is 0 Å². The van der Waals surface area contributed by atoms with E-state index in [2.05, 4.69) is 26.0 Å². The molecule has 0 aliphatic rings. The Morgan fingerprint density at radius 3 is 2.88 bits per heavy atom. The summed E-state index contributed by atoms with van der Waals surface area (Å²) in [5.41, 5.74) is 7.17. The Bertz CT molecular complexity index is 437. The highest BCUT2D eigenvalue weighted by Gasteiger charge is 2.06. The van der Waals surface area contributed by atoms with Crippen molar-refractivity contribution >= 4 is 44.8 Å². The second-order valence-electron chi connectivity index (χ2n) is 3.31. The van der Waals surface area contributed by atoms with Gasteiger partial charge in [0.15, 0.2) is 0 Å². The fraction of sp³-hybridized carbons (Fsp3) is 0.273. The molecular formula is C11H13BrN2O2S. The highest BCUT2D eigenvalue weighted by atomic mass is 79.9. The summed E-state index contributed by atoms with van der Waals surface area (Å²) in [6.07, 6.45) is 0.291. The largest absolute Gasteiger partial charge is 0.469 e. The van der Waals surface area contributed by atoms with Crippen LogP contribution in [0.4, 0.5) is 5.69 Å². The SMILES string of the molecule is COC(=O)CCNc1cc(Br)ccc1C(N)=S. The van der Waals surface area contributed by atoms with Gasteiger partial charge < -0.3 is 15.8 Å². The Labute approximate surface area is 114 Å². The van der Waals surface area contributed by atoms with Crippen LogP contribution in [0.2, 0.25) is 0 Å². The van der Waals surface area contributed by atoms with Crippen molar-refractivity contribution in [2.24, 2.45) is 5.73 Å². The van der Waals surface area contributed by atoms with Gasteiger partial charge in [-0.05, 0) is 18.2 Å². The number of benzene rings is 1. The van der Waals surface area contributed by atoms with Gasteiger partial charge in [0, 0.05) is 22.3 Å². The molecule has 6 heteroatoms. The molecule has 0 heterocycles. The molecule has 0 bridgehead atoms. The molecule has 17 heavy (non-hydrogen) atoms. The molecule has 0 amide bonds. The molecule has 0 unspecified atom stereocenters. The van der Waals surface area contributed by atoms with E-state index in [4.69, 9.17) is 18.0 Å². The van der Waals surface area contributed by atoms with Gasteiger partial charge in [-0.1, -0.05) is 28.1 Å². The van der Waals surface area contributed by atoms with Crippen LogP contribution in [0, 0.1) is 0 Å². The molecule has 0 saturated heterocycles. The van der Waals surface area contributed by atoms with Crippen LogP contribution in [0.1, 0.15) is 12.0 Å². The van der Waals surface area contributed by atoms with Crippen molar-refractivity contribution in [1.82, 2.24) is 0 Å². The number of thiocarbonyl (C=S) groups is 1. The number of rotatable bonds is 5. The smallest absolute Gasteiger partial charge is 0.307 e. The summed E-state index contributed by atoms with van der Waals surface area (Å²) in [4.78, 5) is 11.3. The number of carbonyl (C=O) groups is 1. The predicted molar refractivity (Wildman–Crippen MR) is 75.2 cm³/mol. The summed E-state index contributed by atoms with van der Waals surface area (Å²) < 4.78 is 5.47. The van der Waals surface area contributed by atoms with Crippen LogP contribution in [0.3, 0.4) is 0 Å². The van der Waals surface area contributed by atoms with Crippen LogP contribution in [0.5, 0.6) is 0 Å². The van der Waals surface area contributed by atoms with Crippen molar-refractivity contribution in [1.29, 1.82) is 0 Å². The second kappa shape index (κ2) is 6.56. The fourth-order valence-electron chi connectivity index (χ4n) is 1.28. The van der Waals surface area contributed by atoms with E-state index in [-0.39, 0.29) is 5.97 Å². The number of anilines is 1. The van der Waals surface area contributed by atoms with Crippen LogP contribution in [-0.2, 0) is 9.53 Å². The van der Waals surface area contributed by atoms with Crippen LogP contribution in [0.15, 0.2) is 22.7 Å². The number of ether oxygens (including phenoxy) is 1. The maximum atomic E-state index is 11.0. The number of hydrogen-bond donors (Lipinski definition) is 2. The lowest BCUT2D eigenvalue weighted by molar-refractivity contribution is -0.140. The average Bonchev–Trinajstić information content (AvgIpc) is 2.28. The summed E-state index contributed by atoms with van der Waals surface area (Å²) in [6.45, 7) is 0.471. The minimum Gasteiger partial charge on any atom is -0.469 e.